The number of aromatic nitrogens is 3. The van der Waals surface area contributed by atoms with E-state index in [1.165, 1.54) is 0 Å². The maximum Gasteiger partial charge on any atom is 0.222 e. The van der Waals surface area contributed by atoms with Gasteiger partial charge in [0.2, 0.25) is 5.95 Å². The molecule has 2 aromatic rings. The van der Waals surface area contributed by atoms with E-state index >= 15 is 0 Å². The molecule has 0 aliphatic rings. The fourth-order valence-electron chi connectivity index (χ4n) is 1.33. The van der Waals surface area contributed by atoms with E-state index in [1.54, 1.807) is 18.6 Å². The number of anilines is 1. The second kappa shape index (κ2) is 4.70. The molecule has 0 bridgehead atoms. The Bertz CT molecular complexity index is 436. The zero-order chi connectivity index (χ0) is 11.4. The van der Waals surface area contributed by atoms with E-state index in [1.807, 2.05) is 18.2 Å². The van der Waals surface area contributed by atoms with Gasteiger partial charge in [-0.3, -0.25) is 4.98 Å². The molecule has 0 spiro atoms. The molecule has 0 amide bonds. The molecule has 0 fully saturated rings. The number of nitrogens with zero attached hydrogens (tertiary/aromatic N) is 3. The first kappa shape index (κ1) is 10.5. The van der Waals surface area contributed by atoms with Crippen LogP contribution < -0.4 is 5.32 Å². The zero-order valence-electron chi connectivity index (χ0n) is 9.38. The summed E-state index contributed by atoms with van der Waals surface area (Å²) < 4.78 is 0. The molecule has 0 aromatic carbocycles. The van der Waals surface area contributed by atoms with Crippen molar-refractivity contribution < 1.29 is 0 Å². The van der Waals surface area contributed by atoms with Gasteiger partial charge < -0.3 is 5.32 Å². The van der Waals surface area contributed by atoms with Crippen LogP contribution in [0.15, 0.2) is 36.8 Å². The topological polar surface area (TPSA) is 50.7 Å². The lowest BCUT2D eigenvalue weighted by molar-refractivity contribution is 0.874. The quantitative estimate of drug-likeness (QED) is 0.852. The van der Waals surface area contributed by atoms with Gasteiger partial charge in [-0.1, -0.05) is 6.07 Å². The van der Waals surface area contributed by atoms with Crippen molar-refractivity contribution >= 4 is 5.95 Å². The van der Waals surface area contributed by atoms with Gasteiger partial charge in [-0.05, 0) is 26.0 Å². The molecule has 2 aromatic heterocycles. The number of hydrogen-bond acceptors (Lipinski definition) is 4. The Hall–Kier alpha value is -1.97. The van der Waals surface area contributed by atoms with Gasteiger partial charge in [0.05, 0.1) is 5.69 Å². The summed E-state index contributed by atoms with van der Waals surface area (Å²) in [5, 5.41) is 3.14. The summed E-state index contributed by atoms with van der Waals surface area (Å²) in [6, 6.07) is 6.11. The lowest BCUT2D eigenvalue weighted by Crippen LogP contribution is -2.12. The minimum atomic E-state index is 0.334. The summed E-state index contributed by atoms with van der Waals surface area (Å²) >= 11 is 0. The first-order valence-corrected chi connectivity index (χ1v) is 5.25. The molecule has 0 saturated heterocycles. The Morgan fingerprint density at radius 2 is 1.81 bits per heavy atom. The predicted molar refractivity (Wildman–Crippen MR) is 64.0 cm³/mol. The molecule has 0 aliphatic heterocycles. The highest BCUT2D eigenvalue weighted by molar-refractivity contribution is 5.56. The van der Waals surface area contributed by atoms with Gasteiger partial charge in [-0.15, -0.1) is 0 Å². The van der Waals surface area contributed by atoms with Crippen LogP contribution in [-0.4, -0.2) is 21.0 Å². The summed E-state index contributed by atoms with van der Waals surface area (Å²) in [4.78, 5) is 12.7. The van der Waals surface area contributed by atoms with Crippen molar-refractivity contribution in [3.63, 3.8) is 0 Å². The molecule has 2 heterocycles. The molecule has 0 radical (unpaired) electrons. The lowest BCUT2D eigenvalue weighted by atomic mass is 10.2. The van der Waals surface area contributed by atoms with Gasteiger partial charge in [0.25, 0.3) is 0 Å². The van der Waals surface area contributed by atoms with Gasteiger partial charge in [0.1, 0.15) is 0 Å². The molecule has 0 atom stereocenters. The van der Waals surface area contributed by atoms with Gasteiger partial charge in [-0.25, -0.2) is 9.97 Å². The second-order valence-corrected chi connectivity index (χ2v) is 3.81. The predicted octanol–water partition coefficient (Wildman–Crippen LogP) is 2.36. The first-order chi connectivity index (χ1) is 7.75. The zero-order valence-corrected chi connectivity index (χ0v) is 9.38. The fraction of sp³-hybridized carbons (Fsp3) is 0.250. The van der Waals surface area contributed by atoms with Gasteiger partial charge in [-0.2, -0.15) is 0 Å². The summed E-state index contributed by atoms with van der Waals surface area (Å²) in [5.74, 6) is 0.648. The molecule has 1 N–H and O–H groups in total. The highest BCUT2D eigenvalue weighted by atomic mass is 15.1. The van der Waals surface area contributed by atoms with Crippen molar-refractivity contribution in [2.45, 2.75) is 19.9 Å². The molecule has 0 saturated carbocycles. The largest absolute Gasteiger partial charge is 0.352 e. The smallest absolute Gasteiger partial charge is 0.222 e. The van der Waals surface area contributed by atoms with Crippen LogP contribution in [0.4, 0.5) is 5.95 Å². The van der Waals surface area contributed by atoms with Crippen LogP contribution in [0.1, 0.15) is 13.8 Å². The van der Waals surface area contributed by atoms with Crippen molar-refractivity contribution in [2.24, 2.45) is 0 Å². The minimum absolute atomic E-state index is 0.334. The van der Waals surface area contributed by atoms with Crippen molar-refractivity contribution in [1.29, 1.82) is 0 Å². The maximum atomic E-state index is 4.24. The number of hydrogen-bond donors (Lipinski definition) is 1. The highest BCUT2D eigenvalue weighted by Crippen LogP contribution is 2.14. The van der Waals surface area contributed by atoms with Crippen molar-refractivity contribution in [3.05, 3.63) is 36.8 Å². The van der Waals surface area contributed by atoms with Crippen LogP contribution in [-0.2, 0) is 0 Å². The van der Waals surface area contributed by atoms with Crippen molar-refractivity contribution in [2.75, 3.05) is 5.32 Å². The third kappa shape index (κ3) is 2.53. The molecule has 2 rings (SSSR count). The maximum absolute atomic E-state index is 4.24. The monoisotopic (exact) mass is 214 g/mol. The normalized spacial score (nSPS) is 10.4. The van der Waals surface area contributed by atoms with E-state index in [0.29, 0.717) is 12.0 Å². The Morgan fingerprint density at radius 1 is 1.06 bits per heavy atom. The Balaban J connectivity index is 2.20. The third-order valence-electron chi connectivity index (χ3n) is 2.03. The summed E-state index contributed by atoms with van der Waals surface area (Å²) in [5.41, 5.74) is 1.81. The summed E-state index contributed by atoms with van der Waals surface area (Å²) in [6.45, 7) is 4.10. The van der Waals surface area contributed by atoms with Gasteiger partial charge >= 0.3 is 0 Å². The van der Waals surface area contributed by atoms with Crippen LogP contribution in [0.25, 0.3) is 11.3 Å². The van der Waals surface area contributed by atoms with E-state index in [9.17, 15) is 0 Å². The molecule has 16 heavy (non-hydrogen) atoms. The Labute approximate surface area is 94.8 Å². The standard InChI is InChI=1S/C12H14N4/c1-9(2)16-12-14-7-10(8-15-12)11-5-3-4-6-13-11/h3-9H,1-2H3,(H,14,15,16). The van der Waals surface area contributed by atoms with E-state index in [2.05, 4.69) is 34.1 Å². The minimum Gasteiger partial charge on any atom is -0.352 e. The van der Waals surface area contributed by atoms with Crippen LogP contribution in [0.5, 0.6) is 0 Å². The molecular weight excluding hydrogens is 200 g/mol. The average molecular weight is 214 g/mol. The van der Waals surface area contributed by atoms with E-state index in [0.717, 1.165) is 11.3 Å². The van der Waals surface area contributed by atoms with E-state index in [4.69, 9.17) is 0 Å². The molecule has 4 heteroatoms. The van der Waals surface area contributed by atoms with Crippen LogP contribution in [0.2, 0.25) is 0 Å². The van der Waals surface area contributed by atoms with Gasteiger partial charge in [0, 0.05) is 30.2 Å². The Morgan fingerprint density at radius 3 is 2.38 bits per heavy atom. The first-order valence-electron chi connectivity index (χ1n) is 5.25. The molecule has 0 aliphatic carbocycles. The molecule has 82 valence electrons. The average Bonchev–Trinajstić information content (AvgIpc) is 2.30. The molecular formula is C12H14N4. The Kier molecular flexibility index (Phi) is 3.10. The number of pyridine rings is 1. The highest BCUT2D eigenvalue weighted by Gasteiger charge is 2.01. The van der Waals surface area contributed by atoms with Crippen LogP contribution >= 0.6 is 0 Å². The van der Waals surface area contributed by atoms with Crippen molar-refractivity contribution in [3.8, 4) is 11.3 Å². The van der Waals surface area contributed by atoms with E-state index in [-0.39, 0.29) is 0 Å². The van der Waals surface area contributed by atoms with E-state index < -0.39 is 0 Å². The second-order valence-electron chi connectivity index (χ2n) is 3.81. The molecule has 4 nitrogen and oxygen atoms in total. The third-order valence-corrected chi connectivity index (χ3v) is 2.03. The number of nitrogens with one attached hydrogen (secondary N) is 1. The SMILES string of the molecule is CC(C)Nc1ncc(-c2ccccn2)cn1. The summed E-state index contributed by atoms with van der Waals surface area (Å²) in [6.07, 6.45) is 5.32. The fourth-order valence-corrected chi connectivity index (χ4v) is 1.33. The van der Waals surface area contributed by atoms with Gasteiger partial charge in [0.15, 0.2) is 0 Å². The van der Waals surface area contributed by atoms with Crippen LogP contribution in [0, 0.1) is 0 Å². The summed E-state index contributed by atoms with van der Waals surface area (Å²) in [7, 11) is 0. The molecule has 0 unspecified atom stereocenters. The lowest BCUT2D eigenvalue weighted by Gasteiger charge is -2.07. The van der Waals surface area contributed by atoms with Crippen molar-refractivity contribution in [1.82, 2.24) is 15.0 Å². The number of rotatable bonds is 3. The van der Waals surface area contributed by atoms with Crippen LogP contribution in [0.3, 0.4) is 0 Å².